The molecular weight excluding hydrogens is 853 g/mol. The summed E-state index contributed by atoms with van der Waals surface area (Å²) >= 11 is 12.7. The van der Waals surface area contributed by atoms with E-state index in [1.54, 1.807) is 100 Å². The lowest BCUT2D eigenvalue weighted by molar-refractivity contribution is -0.0236. The molecule has 1 fully saturated rings. The molecule has 6 heterocycles. The second-order valence-corrected chi connectivity index (χ2v) is 15.3. The van der Waals surface area contributed by atoms with Crippen LogP contribution in [0, 0.1) is 35.3 Å². The zero-order valence-corrected chi connectivity index (χ0v) is 35.0. The van der Waals surface area contributed by atoms with Crippen LogP contribution < -0.4 is 22.5 Å². The molecule has 5 aromatic heterocycles. The summed E-state index contributed by atoms with van der Waals surface area (Å²) in [6.07, 6.45) is 7.99. The highest BCUT2D eigenvalue weighted by Crippen LogP contribution is 2.27. The second-order valence-electron chi connectivity index (χ2n) is 14.5. The first kappa shape index (κ1) is 42.3. The monoisotopic (exact) mass is 884 g/mol. The van der Waals surface area contributed by atoms with Crippen LogP contribution in [0.1, 0.15) is 48.2 Å². The van der Waals surface area contributed by atoms with Crippen LogP contribution in [0.25, 0.3) is 33.3 Å². The Balaban J connectivity index is 0.000000173. The number of ether oxygens (including phenoxy) is 1. The smallest absolute Gasteiger partial charge is 0.336 e. The van der Waals surface area contributed by atoms with E-state index in [1.807, 2.05) is 0 Å². The van der Waals surface area contributed by atoms with E-state index in [0.717, 1.165) is 21.3 Å². The van der Waals surface area contributed by atoms with Crippen LogP contribution in [0.5, 0.6) is 0 Å². The van der Waals surface area contributed by atoms with Crippen molar-refractivity contribution < 1.29 is 13.5 Å². The minimum atomic E-state index is -0.840. The predicted molar refractivity (Wildman–Crippen MR) is 235 cm³/mol. The van der Waals surface area contributed by atoms with Crippen molar-refractivity contribution in [1.82, 2.24) is 38.0 Å². The summed E-state index contributed by atoms with van der Waals surface area (Å²) in [6.45, 7) is 4.25. The summed E-state index contributed by atoms with van der Waals surface area (Å²) in [5, 5.41) is 4.24. The molecule has 0 unspecified atom stereocenters. The molecule has 314 valence electrons. The van der Waals surface area contributed by atoms with Crippen molar-refractivity contribution >= 4 is 45.1 Å². The van der Waals surface area contributed by atoms with Crippen molar-refractivity contribution in [2.75, 3.05) is 13.2 Å². The van der Waals surface area contributed by atoms with Gasteiger partial charge in [0.15, 0.2) is 5.52 Å². The summed E-state index contributed by atoms with van der Waals surface area (Å²) in [7, 11) is 1.64. The molecule has 0 saturated carbocycles. The van der Waals surface area contributed by atoms with E-state index in [9.17, 15) is 19.2 Å². The maximum Gasteiger partial charge on any atom is 0.336 e. The molecule has 9 rings (SSSR count). The molecule has 1 aliphatic heterocycles. The molecular formula is C46H32Cl2F2N8O5. The number of aryl methyl sites for hydroxylation is 1. The first-order chi connectivity index (χ1) is 30.3. The van der Waals surface area contributed by atoms with Crippen LogP contribution in [-0.4, -0.2) is 51.2 Å². The third-order valence-corrected chi connectivity index (χ3v) is 10.5. The first-order valence-corrected chi connectivity index (χ1v) is 20.0. The summed E-state index contributed by atoms with van der Waals surface area (Å²) in [6, 6.07) is 18.3. The summed E-state index contributed by atoms with van der Waals surface area (Å²) in [5.74, 6) is 9.72. The van der Waals surface area contributed by atoms with E-state index in [-0.39, 0.29) is 44.4 Å². The Morgan fingerprint density at radius 1 is 0.698 bits per heavy atom. The van der Waals surface area contributed by atoms with Gasteiger partial charge in [-0.2, -0.15) is 5.10 Å². The molecule has 0 N–H and O–H groups in total. The van der Waals surface area contributed by atoms with Gasteiger partial charge in [0.05, 0.1) is 45.7 Å². The molecule has 13 nitrogen and oxygen atoms in total. The molecule has 0 aliphatic carbocycles. The number of hydrogen-bond acceptors (Lipinski definition) is 8. The number of hydrogen-bond donors (Lipinski definition) is 0. The zero-order chi connectivity index (χ0) is 44.5. The topological polar surface area (TPSA) is 141 Å². The van der Waals surface area contributed by atoms with Gasteiger partial charge in [0.2, 0.25) is 0 Å². The quantitative estimate of drug-likeness (QED) is 0.186. The van der Waals surface area contributed by atoms with E-state index in [0.29, 0.717) is 46.5 Å². The third kappa shape index (κ3) is 8.21. The number of nitrogens with zero attached hydrogens (tertiary/aromatic N) is 8. The van der Waals surface area contributed by atoms with Crippen LogP contribution in [0.15, 0.2) is 123 Å². The van der Waals surface area contributed by atoms with E-state index in [2.05, 4.69) is 38.7 Å². The minimum absolute atomic E-state index is 0.0479. The fourth-order valence-corrected chi connectivity index (χ4v) is 7.56. The van der Waals surface area contributed by atoms with E-state index in [1.165, 1.54) is 25.9 Å². The zero-order valence-electron chi connectivity index (χ0n) is 33.5. The van der Waals surface area contributed by atoms with Crippen molar-refractivity contribution in [2.24, 2.45) is 7.05 Å². The lowest BCUT2D eigenvalue weighted by Crippen LogP contribution is -2.45. The van der Waals surface area contributed by atoms with Crippen molar-refractivity contribution in [3.05, 3.63) is 189 Å². The molecule has 0 radical (unpaired) electrons. The van der Waals surface area contributed by atoms with Gasteiger partial charge in [0.25, 0.3) is 11.1 Å². The molecule has 17 heteroatoms. The SMILES string of the molecule is CC(C)n1c(=O)n(-c2c(F)cc(C#Cc3cccnc3)cc2Cl)c(=O)c2nn(C)cc21.O=c1c2ccccc2n(C2COC2)c(=O)n1-c1c(F)cc(C#Cc2cccnc2)cc1Cl. The Labute approximate surface area is 366 Å². The normalized spacial score (nSPS) is 12.3. The predicted octanol–water partition coefficient (Wildman–Crippen LogP) is 6.37. The van der Waals surface area contributed by atoms with Gasteiger partial charge in [-0.05, 0) is 74.5 Å². The van der Waals surface area contributed by atoms with Crippen LogP contribution >= 0.6 is 23.2 Å². The largest absolute Gasteiger partial charge is 0.377 e. The summed E-state index contributed by atoms with van der Waals surface area (Å²) in [4.78, 5) is 60.7. The van der Waals surface area contributed by atoms with Crippen molar-refractivity contribution in [1.29, 1.82) is 0 Å². The minimum Gasteiger partial charge on any atom is -0.377 e. The number of para-hydroxylation sites is 1. The number of pyridine rings is 2. The highest BCUT2D eigenvalue weighted by molar-refractivity contribution is 6.33. The Morgan fingerprint density at radius 3 is 1.73 bits per heavy atom. The van der Waals surface area contributed by atoms with Crippen molar-refractivity contribution in [3.63, 3.8) is 0 Å². The van der Waals surface area contributed by atoms with Crippen LogP contribution in [-0.2, 0) is 11.8 Å². The molecule has 0 bridgehead atoms. The van der Waals surface area contributed by atoms with Crippen molar-refractivity contribution in [3.8, 4) is 35.1 Å². The van der Waals surface area contributed by atoms with Gasteiger partial charge >= 0.3 is 11.4 Å². The lowest BCUT2D eigenvalue weighted by Gasteiger charge is -2.29. The Hall–Kier alpha value is -7.43. The number of fused-ring (bicyclic) bond motifs is 2. The van der Waals surface area contributed by atoms with E-state index < -0.39 is 34.1 Å². The molecule has 1 aliphatic rings. The van der Waals surface area contributed by atoms with Gasteiger partial charge in [-0.1, -0.05) is 59.0 Å². The Bertz CT molecular complexity index is 3440. The molecule has 0 amide bonds. The molecule has 0 atom stereocenters. The standard InChI is InChI=1S/C24H15ClFN3O3.C22H17ClFN5O2/c25-19-10-16(8-7-15-4-3-9-27-12-15)11-20(26)22(19)29-23(30)18-5-1-2-6-21(18)28(24(29)31)17-13-32-14-17;1-13(2)28-18-12-27(3)26-19(18)21(30)29(22(28)31)20-16(23)9-15(10-17(20)24)7-6-14-5-4-8-25-11-14/h1-6,9-12,17H,13-14H2;4-5,8-13H,1-3H3. The molecule has 8 aromatic rings. The van der Waals surface area contributed by atoms with Gasteiger partial charge in [-0.15, -0.1) is 0 Å². The number of rotatable bonds is 4. The first-order valence-electron chi connectivity index (χ1n) is 19.2. The molecule has 0 spiro atoms. The van der Waals surface area contributed by atoms with Crippen LogP contribution in [0.2, 0.25) is 10.0 Å². The van der Waals surface area contributed by atoms with E-state index in [4.69, 9.17) is 27.9 Å². The van der Waals surface area contributed by atoms with Crippen LogP contribution in [0.3, 0.4) is 0 Å². The van der Waals surface area contributed by atoms with Crippen LogP contribution in [0.4, 0.5) is 8.78 Å². The fourth-order valence-electron chi connectivity index (χ4n) is 6.97. The molecule has 63 heavy (non-hydrogen) atoms. The number of benzene rings is 3. The molecule has 3 aromatic carbocycles. The average molecular weight is 886 g/mol. The van der Waals surface area contributed by atoms with Gasteiger partial charge in [-0.3, -0.25) is 33.4 Å². The maximum atomic E-state index is 15.2. The molecule has 1 saturated heterocycles. The summed E-state index contributed by atoms with van der Waals surface area (Å²) < 4.78 is 41.4. The number of aromatic nitrogens is 8. The number of halogens is 4. The van der Waals surface area contributed by atoms with Crippen molar-refractivity contribution in [2.45, 2.75) is 25.9 Å². The average Bonchev–Trinajstić information content (AvgIpc) is 3.63. The summed E-state index contributed by atoms with van der Waals surface area (Å²) in [5.41, 5.74) is -0.568. The van der Waals surface area contributed by atoms with Gasteiger partial charge in [0.1, 0.15) is 23.0 Å². The van der Waals surface area contributed by atoms with E-state index >= 15 is 8.78 Å². The highest BCUT2D eigenvalue weighted by atomic mass is 35.5. The Morgan fingerprint density at radius 2 is 1.24 bits per heavy atom. The van der Waals surface area contributed by atoms with Gasteiger partial charge in [0, 0.05) is 66.3 Å². The highest BCUT2D eigenvalue weighted by Gasteiger charge is 2.28. The second kappa shape index (κ2) is 17.5. The maximum absolute atomic E-state index is 15.2. The third-order valence-electron chi connectivity index (χ3n) is 9.87. The fraction of sp³-hybridized carbons (Fsp3) is 0.152. The van der Waals surface area contributed by atoms with Gasteiger partial charge in [-0.25, -0.2) is 27.5 Å². The lowest BCUT2D eigenvalue weighted by atomic mass is 10.1. The Kier molecular flexibility index (Phi) is 11.7. The van der Waals surface area contributed by atoms with Gasteiger partial charge < -0.3 is 4.74 Å².